The Kier molecular flexibility index (Phi) is 4.55. The molecule has 0 unspecified atom stereocenters. The van der Waals surface area contributed by atoms with Crippen LogP contribution in [0.2, 0.25) is 0 Å². The Labute approximate surface area is 114 Å². The van der Waals surface area contributed by atoms with Crippen molar-refractivity contribution in [2.24, 2.45) is 5.84 Å². The van der Waals surface area contributed by atoms with Gasteiger partial charge in [-0.1, -0.05) is 6.92 Å². The van der Waals surface area contributed by atoms with Crippen LogP contribution in [0.1, 0.15) is 45.4 Å². The molecule has 1 aliphatic carbocycles. The van der Waals surface area contributed by atoms with Crippen molar-refractivity contribution in [3.63, 3.8) is 0 Å². The summed E-state index contributed by atoms with van der Waals surface area (Å²) < 4.78 is 5.35. The highest BCUT2D eigenvalue weighted by molar-refractivity contribution is 5.48. The molecule has 0 bridgehead atoms. The van der Waals surface area contributed by atoms with E-state index in [4.69, 9.17) is 10.6 Å². The number of ether oxygens (including phenoxy) is 1. The molecule has 0 radical (unpaired) electrons. The Morgan fingerprint density at radius 1 is 1.32 bits per heavy atom. The molecule has 1 aromatic heterocycles. The minimum Gasteiger partial charge on any atom is -0.374 e. The van der Waals surface area contributed by atoms with Gasteiger partial charge in [-0.2, -0.15) is 0 Å². The van der Waals surface area contributed by atoms with Crippen molar-refractivity contribution in [2.45, 2.75) is 51.7 Å². The Hall–Kier alpha value is -1.40. The van der Waals surface area contributed by atoms with Crippen LogP contribution in [0.4, 0.5) is 11.6 Å². The molecule has 0 aliphatic heterocycles. The van der Waals surface area contributed by atoms with Crippen molar-refractivity contribution in [3.8, 4) is 0 Å². The molecule has 1 aliphatic rings. The fraction of sp³-hybridized carbons (Fsp3) is 0.692. The first-order valence-electron chi connectivity index (χ1n) is 6.92. The third-order valence-corrected chi connectivity index (χ3v) is 3.74. The second-order valence-corrected chi connectivity index (χ2v) is 4.95. The van der Waals surface area contributed by atoms with E-state index in [2.05, 4.69) is 27.6 Å². The largest absolute Gasteiger partial charge is 0.374 e. The number of hydrazine groups is 1. The third kappa shape index (κ3) is 3.33. The normalized spacial score (nSPS) is 16.8. The number of nitrogens with two attached hydrogens (primary N) is 1. The number of nitrogens with one attached hydrogen (secondary N) is 2. The molecule has 0 aromatic carbocycles. The number of nitrogens with zero attached hydrogens (tertiary/aromatic N) is 2. The van der Waals surface area contributed by atoms with Crippen LogP contribution in [-0.4, -0.2) is 22.1 Å². The second-order valence-electron chi connectivity index (χ2n) is 4.95. The molecule has 1 aromatic rings. The molecule has 106 valence electrons. The average molecular weight is 265 g/mol. The van der Waals surface area contributed by atoms with Crippen molar-refractivity contribution in [2.75, 3.05) is 17.3 Å². The lowest BCUT2D eigenvalue weighted by molar-refractivity contribution is 0.128. The van der Waals surface area contributed by atoms with Gasteiger partial charge in [0.1, 0.15) is 18.2 Å². The Morgan fingerprint density at radius 3 is 2.58 bits per heavy atom. The highest BCUT2D eigenvalue weighted by atomic mass is 16.5. The zero-order chi connectivity index (χ0) is 13.7. The maximum absolute atomic E-state index is 5.45. The Morgan fingerprint density at radius 2 is 2.05 bits per heavy atom. The van der Waals surface area contributed by atoms with E-state index in [-0.39, 0.29) is 5.54 Å². The molecular formula is C13H23N5O. The number of hydrogen-bond donors (Lipinski definition) is 3. The number of hydrogen-bond acceptors (Lipinski definition) is 6. The summed E-state index contributed by atoms with van der Waals surface area (Å²) in [5.41, 5.74) is 2.77. The first kappa shape index (κ1) is 14.0. The van der Waals surface area contributed by atoms with Crippen LogP contribution in [0, 0.1) is 0 Å². The summed E-state index contributed by atoms with van der Waals surface area (Å²) in [5, 5.41) is 3.53. The summed E-state index contributed by atoms with van der Waals surface area (Å²) in [6.45, 7) is 5.20. The number of nitrogen functional groups attached to an aromatic ring is 1. The van der Waals surface area contributed by atoms with E-state index in [1.165, 1.54) is 19.3 Å². The van der Waals surface area contributed by atoms with Crippen molar-refractivity contribution in [1.82, 2.24) is 9.97 Å². The predicted molar refractivity (Wildman–Crippen MR) is 75.7 cm³/mol. The summed E-state index contributed by atoms with van der Waals surface area (Å²) >= 11 is 0. The maximum Gasteiger partial charge on any atom is 0.158 e. The van der Waals surface area contributed by atoms with E-state index >= 15 is 0 Å². The van der Waals surface area contributed by atoms with Gasteiger partial charge in [0, 0.05) is 18.2 Å². The lowest BCUT2D eigenvalue weighted by atomic mass is 9.75. The van der Waals surface area contributed by atoms with Gasteiger partial charge in [-0.15, -0.1) is 0 Å². The molecule has 0 spiro atoms. The summed E-state index contributed by atoms with van der Waals surface area (Å²) in [4.78, 5) is 8.77. The van der Waals surface area contributed by atoms with Gasteiger partial charge >= 0.3 is 0 Å². The fourth-order valence-corrected chi connectivity index (χ4v) is 2.34. The van der Waals surface area contributed by atoms with Crippen LogP contribution < -0.4 is 16.6 Å². The van der Waals surface area contributed by atoms with Gasteiger partial charge in [0.05, 0.1) is 0 Å². The summed E-state index contributed by atoms with van der Waals surface area (Å²) in [5.74, 6) is 7.52. The van der Waals surface area contributed by atoms with Gasteiger partial charge in [-0.3, -0.25) is 0 Å². The SMILES string of the molecule is CCOCc1nc(NN)cc(NC2(CC)CCC2)n1. The van der Waals surface area contributed by atoms with E-state index in [9.17, 15) is 0 Å². The van der Waals surface area contributed by atoms with Crippen LogP contribution in [-0.2, 0) is 11.3 Å². The lowest BCUT2D eigenvalue weighted by Crippen LogP contribution is -2.44. The zero-order valence-electron chi connectivity index (χ0n) is 11.7. The van der Waals surface area contributed by atoms with Gasteiger partial charge in [0.2, 0.25) is 0 Å². The first-order chi connectivity index (χ1) is 9.21. The number of aromatic nitrogens is 2. The fourth-order valence-electron chi connectivity index (χ4n) is 2.34. The summed E-state index contributed by atoms with van der Waals surface area (Å²) in [6.07, 6.45) is 4.77. The molecular weight excluding hydrogens is 242 g/mol. The summed E-state index contributed by atoms with van der Waals surface area (Å²) in [6, 6.07) is 1.84. The van der Waals surface area contributed by atoms with Gasteiger partial charge in [0.25, 0.3) is 0 Å². The maximum atomic E-state index is 5.45. The minimum atomic E-state index is 0.198. The van der Waals surface area contributed by atoms with E-state index in [0.717, 1.165) is 12.2 Å². The van der Waals surface area contributed by atoms with Gasteiger partial charge in [0.15, 0.2) is 5.82 Å². The van der Waals surface area contributed by atoms with E-state index < -0.39 is 0 Å². The Bertz CT molecular complexity index is 414. The van der Waals surface area contributed by atoms with Crippen LogP contribution in [0.15, 0.2) is 6.07 Å². The Balaban J connectivity index is 2.14. The standard InChI is InChI=1S/C13H23N5O/c1-3-13(6-5-7-13)17-10-8-11(18-14)16-12(15-10)9-19-4-2/h8H,3-7,9,14H2,1-2H3,(H2,15,16,17,18). The quantitative estimate of drug-likeness (QED) is 0.517. The van der Waals surface area contributed by atoms with E-state index in [1.807, 2.05) is 13.0 Å². The predicted octanol–water partition coefficient (Wildman–Crippen LogP) is 2.04. The van der Waals surface area contributed by atoms with Gasteiger partial charge in [-0.25, -0.2) is 15.8 Å². The smallest absolute Gasteiger partial charge is 0.158 e. The van der Waals surface area contributed by atoms with E-state index in [1.54, 1.807) is 0 Å². The molecule has 1 fully saturated rings. The minimum absolute atomic E-state index is 0.198. The van der Waals surface area contributed by atoms with Crippen LogP contribution in [0.3, 0.4) is 0 Å². The molecule has 1 saturated carbocycles. The molecule has 0 amide bonds. The zero-order valence-corrected chi connectivity index (χ0v) is 11.7. The molecule has 4 N–H and O–H groups in total. The highest BCUT2D eigenvalue weighted by Gasteiger charge is 2.35. The monoisotopic (exact) mass is 265 g/mol. The second kappa shape index (κ2) is 6.16. The van der Waals surface area contributed by atoms with E-state index in [0.29, 0.717) is 24.9 Å². The van der Waals surface area contributed by atoms with Crippen LogP contribution in [0.25, 0.3) is 0 Å². The molecule has 6 heteroatoms. The molecule has 1 heterocycles. The van der Waals surface area contributed by atoms with Crippen LogP contribution in [0.5, 0.6) is 0 Å². The van der Waals surface area contributed by atoms with Gasteiger partial charge in [-0.05, 0) is 32.6 Å². The van der Waals surface area contributed by atoms with Crippen molar-refractivity contribution < 1.29 is 4.74 Å². The molecule has 6 nitrogen and oxygen atoms in total. The average Bonchev–Trinajstić information content (AvgIpc) is 2.40. The molecule has 2 rings (SSSR count). The van der Waals surface area contributed by atoms with Gasteiger partial charge < -0.3 is 15.5 Å². The summed E-state index contributed by atoms with van der Waals surface area (Å²) in [7, 11) is 0. The lowest BCUT2D eigenvalue weighted by Gasteiger charge is -2.42. The van der Waals surface area contributed by atoms with Crippen LogP contribution >= 0.6 is 0 Å². The first-order valence-corrected chi connectivity index (χ1v) is 6.92. The highest BCUT2D eigenvalue weighted by Crippen LogP contribution is 2.37. The molecule has 19 heavy (non-hydrogen) atoms. The molecule has 0 atom stereocenters. The van der Waals surface area contributed by atoms with Crippen molar-refractivity contribution >= 4 is 11.6 Å². The molecule has 0 saturated heterocycles. The van der Waals surface area contributed by atoms with Crippen molar-refractivity contribution in [3.05, 3.63) is 11.9 Å². The number of anilines is 2. The van der Waals surface area contributed by atoms with Crippen molar-refractivity contribution in [1.29, 1.82) is 0 Å². The topological polar surface area (TPSA) is 85.1 Å². The third-order valence-electron chi connectivity index (χ3n) is 3.74. The number of rotatable bonds is 7.